The van der Waals surface area contributed by atoms with Gasteiger partial charge in [-0.05, 0) is 36.8 Å². The first-order valence-electron chi connectivity index (χ1n) is 8.09. The summed E-state index contributed by atoms with van der Waals surface area (Å²) >= 11 is 1.63. The Bertz CT molecular complexity index is 569. The number of halogens is 1. The zero-order chi connectivity index (χ0) is 16.4. The number of nitrogens with zero attached hydrogens (tertiary/aromatic N) is 2. The van der Waals surface area contributed by atoms with Crippen LogP contribution in [-0.2, 0) is 4.79 Å². The molecule has 2 aliphatic heterocycles. The lowest BCUT2D eigenvalue weighted by Crippen LogP contribution is -2.56. The molecular weight excluding hydrogens is 315 g/mol. The van der Waals surface area contributed by atoms with Crippen molar-refractivity contribution in [2.75, 3.05) is 37.7 Å². The molecule has 0 bridgehead atoms. The average Bonchev–Trinajstić information content (AvgIpc) is 3.01. The largest absolute Gasteiger partial charge is 0.379 e. The Morgan fingerprint density at radius 2 is 2.09 bits per heavy atom. The molecule has 1 amide bonds. The SMILES string of the molecule is C[C@H](c1cccc(F)c1)N1CCN(C(=O)[C@]2(O)CCSC2)CC1. The van der Waals surface area contributed by atoms with Crippen molar-refractivity contribution >= 4 is 17.7 Å². The van der Waals surface area contributed by atoms with Crippen molar-refractivity contribution in [1.82, 2.24) is 9.80 Å². The number of rotatable bonds is 3. The van der Waals surface area contributed by atoms with Crippen LogP contribution in [0.1, 0.15) is 24.9 Å². The highest BCUT2D eigenvalue weighted by molar-refractivity contribution is 7.99. The number of piperazine rings is 1. The van der Waals surface area contributed by atoms with Crippen LogP contribution in [0.15, 0.2) is 24.3 Å². The minimum atomic E-state index is -1.17. The second-order valence-electron chi connectivity index (χ2n) is 6.39. The Balaban J connectivity index is 1.59. The van der Waals surface area contributed by atoms with Crippen molar-refractivity contribution in [3.63, 3.8) is 0 Å². The topological polar surface area (TPSA) is 43.8 Å². The Morgan fingerprint density at radius 3 is 2.70 bits per heavy atom. The van der Waals surface area contributed by atoms with E-state index in [0.29, 0.717) is 25.3 Å². The van der Waals surface area contributed by atoms with E-state index < -0.39 is 5.60 Å². The normalized spacial score (nSPS) is 27.2. The minimum Gasteiger partial charge on any atom is -0.379 e. The first-order chi connectivity index (χ1) is 11.0. The van der Waals surface area contributed by atoms with Gasteiger partial charge in [0.05, 0.1) is 0 Å². The first kappa shape index (κ1) is 16.7. The third-order valence-corrected chi connectivity index (χ3v) is 6.05. The van der Waals surface area contributed by atoms with Gasteiger partial charge < -0.3 is 10.0 Å². The van der Waals surface area contributed by atoms with Gasteiger partial charge in [0.1, 0.15) is 5.82 Å². The van der Waals surface area contributed by atoms with Crippen LogP contribution >= 0.6 is 11.8 Å². The van der Waals surface area contributed by atoms with E-state index in [1.165, 1.54) is 6.07 Å². The fraction of sp³-hybridized carbons (Fsp3) is 0.588. The number of amides is 1. The van der Waals surface area contributed by atoms with Crippen molar-refractivity contribution in [2.45, 2.75) is 25.0 Å². The van der Waals surface area contributed by atoms with Crippen molar-refractivity contribution in [3.8, 4) is 0 Å². The number of hydrogen-bond acceptors (Lipinski definition) is 4. The molecule has 2 fully saturated rings. The van der Waals surface area contributed by atoms with Crippen molar-refractivity contribution in [1.29, 1.82) is 0 Å². The van der Waals surface area contributed by atoms with Crippen LogP contribution in [0.4, 0.5) is 4.39 Å². The highest BCUT2D eigenvalue weighted by Gasteiger charge is 2.42. The molecule has 0 spiro atoms. The monoisotopic (exact) mass is 338 g/mol. The Hall–Kier alpha value is -1.11. The molecule has 3 rings (SSSR count). The number of aliphatic hydroxyl groups is 1. The summed E-state index contributed by atoms with van der Waals surface area (Å²) in [6.07, 6.45) is 0.552. The summed E-state index contributed by atoms with van der Waals surface area (Å²) in [5.74, 6) is 1.01. The number of carbonyl (C=O) groups excluding carboxylic acids is 1. The number of hydrogen-bond donors (Lipinski definition) is 1. The van der Waals surface area contributed by atoms with Crippen LogP contribution in [0.25, 0.3) is 0 Å². The van der Waals surface area contributed by atoms with E-state index in [4.69, 9.17) is 0 Å². The van der Waals surface area contributed by atoms with Crippen molar-refractivity contribution in [3.05, 3.63) is 35.6 Å². The quantitative estimate of drug-likeness (QED) is 0.914. The van der Waals surface area contributed by atoms with Crippen molar-refractivity contribution < 1.29 is 14.3 Å². The van der Waals surface area contributed by atoms with Gasteiger partial charge in [0.15, 0.2) is 5.60 Å². The van der Waals surface area contributed by atoms with Gasteiger partial charge in [0, 0.05) is 38.0 Å². The number of carbonyl (C=O) groups is 1. The Morgan fingerprint density at radius 1 is 1.35 bits per heavy atom. The highest BCUT2D eigenvalue weighted by atomic mass is 32.2. The van der Waals surface area contributed by atoms with Gasteiger partial charge in [0.2, 0.25) is 0 Å². The molecule has 1 aromatic rings. The minimum absolute atomic E-state index is 0.119. The molecule has 23 heavy (non-hydrogen) atoms. The molecule has 0 radical (unpaired) electrons. The Labute approximate surface area is 140 Å². The predicted molar refractivity (Wildman–Crippen MR) is 89.9 cm³/mol. The third kappa shape index (κ3) is 3.54. The van der Waals surface area contributed by atoms with E-state index in [1.807, 2.05) is 6.07 Å². The summed E-state index contributed by atoms with van der Waals surface area (Å²) in [4.78, 5) is 16.5. The molecule has 2 saturated heterocycles. The summed E-state index contributed by atoms with van der Waals surface area (Å²) in [6.45, 7) is 4.78. The van der Waals surface area contributed by atoms with Gasteiger partial charge in [0.25, 0.3) is 5.91 Å². The van der Waals surface area contributed by atoms with Crippen LogP contribution in [0, 0.1) is 5.82 Å². The van der Waals surface area contributed by atoms with E-state index in [0.717, 1.165) is 24.4 Å². The second-order valence-corrected chi connectivity index (χ2v) is 7.50. The molecule has 1 aromatic carbocycles. The number of thioether (sulfide) groups is 1. The lowest BCUT2D eigenvalue weighted by atomic mass is 10.0. The summed E-state index contributed by atoms with van der Waals surface area (Å²) in [5.41, 5.74) is -0.211. The van der Waals surface area contributed by atoms with E-state index in [9.17, 15) is 14.3 Å². The molecule has 6 heteroatoms. The molecule has 2 atom stereocenters. The summed E-state index contributed by atoms with van der Waals surface area (Å²) in [6, 6.07) is 6.80. The molecule has 0 aromatic heterocycles. The lowest BCUT2D eigenvalue weighted by Gasteiger charge is -2.40. The van der Waals surface area contributed by atoms with E-state index in [-0.39, 0.29) is 17.8 Å². The fourth-order valence-electron chi connectivity index (χ4n) is 3.31. The van der Waals surface area contributed by atoms with Gasteiger partial charge >= 0.3 is 0 Å². The smallest absolute Gasteiger partial charge is 0.255 e. The molecule has 2 heterocycles. The molecule has 126 valence electrons. The van der Waals surface area contributed by atoms with Gasteiger partial charge in [-0.2, -0.15) is 11.8 Å². The molecule has 2 aliphatic rings. The van der Waals surface area contributed by atoms with Crippen LogP contribution < -0.4 is 0 Å². The van der Waals surface area contributed by atoms with Crippen LogP contribution in [0.5, 0.6) is 0 Å². The van der Waals surface area contributed by atoms with E-state index in [2.05, 4.69) is 11.8 Å². The molecular formula is C17H23FN2O2S. The first-order valence-corrected chi connectivity index (χ1v) is 9.24. The van der Waals surface area contributed by atoms with Crippen LogP contribution in [0.3, 0.4) is 0 Å². The second kappa shape index (κ2) is 6.79. The standard InChI is InChI=1S/C17H23FN2O2S/c1-13(14-3-2-4-15(18)11-14)19-6-8-20(9-7-19)16(21)17(22)5-10-23-12-17/h2-4,11,13,22H,5-10,12H2,1H3/t13-,17+/m1/s1. The summed E-state index contributed by atoms with van der Waals surface area (Å²) < 4.78 is 13.4. The summed E-state index contributed by atoms with van der Waals surface area (Å²) in [7, 11) is 0. The average molecular weight is 338 g/mol. The van der Waals surface area contributed by atoms with Gasteiger partial charge in [-0.1, -0.05) is 12.1 Å². The maximum atomic E-state index is 13.4. The zero-order valence-corrected chi connectivity index (χ0v) is 14.2. The Kier molecular flexibility index (Phi) is 4.94. The summed E-state index contributed by atoms with van der Waals surface area (Å²) in [5, 5.41) is 10.4. The fourth-order valence-corrected chi connectivity index (χ4v) is 4.54. The van der Waals surface area contributed by atoms with Crippen LogP contribution in [-0.4, -0.2) is 64.1 Å². The molecule has 4 nitrogen and oxygen atoms in total. The van der Waals surface area contributed by atoms with Gasteiger partial charge in [-0.3, -0.25) is 9.69 Å². The molecule has 1 N–H and O–H groups in total. The third-order valence-electron chi connectivity index (χ3n) is 4.88. The predicted octanol–water partition coefficient (Wildman–Crippen LogP) is 1.90. The van der Waals surface area contributed by atoms with Gasteiger partial charge in [-0.15, -0.1) is 0 Å². The molecule has 0 aliphatic carbocycles. The van der Waals surface area contributed by atoms with Gasteiger partial charge in [-0.25, -0.2) is 4.39 Å². The van der Waals surface area contributed by atoms with Crippen LogP contribution in [0.2, 0.25) is 0 Å². The van der Waals surface area contributed by atoms with Crippen molar-refractivity contribution in [2.24, 2.45) is 0 Å². The molecule has 0 unspecified atom stereocenters. The maximum absolute atomic E-state index is 13.4. The van der Waals surface area contributed by atoms with E-state index in [1.54, 1.807) is 28.8 Å². The molecule has 0 saturated carbocycles. The lowest BCUT2D eigenvalue weighted by molar-refractivity contribution is -0.150. The highest BCUT2D eigenvalue weighted by Crippen LogP contribution is 2.30. The maximum Gasteiger partial charge on any atom is 0.255 e. The zero-order valence-electron chi connectivity index (χ0n) is 13.4. The number of benzene rings is 1. The van der Waals surface area contributed by atoms with E-state index >= 15 is 0 Å².